The van der Waals surface area contributed by atoms with Gasteiger partial charge in [0.25, 0.3) is 0 Å². The number of carbonyl (C=O) groups is 1. The second-order valence-corrected chi connectivity index (χ2v) is 4.69. The summed E-state index contributed by atoms with van der Waals surface area (Å²) in [7, 11) is 0. The Morgan fingerprint density at radius 2 is 1.70 bits per heavy atom. The minimum absolute atomic E-state index is 0.0882. The minimum Gasteiger partial charge on any atom is -0.491 e. The van der Waals surface area contributed by atoms with Crippen molar-refractivity contribution >= 4 is 5.97 Å². The summed E-state index contributed by atoms with van der Waals surface area (Å²) >= 11 is 0. The van der Waals surface area contributed by atoms with Gasteiger partial charge in [0.15, 0.2) is 0 Å². The highest BCUT2D eigenvalue weighted by Gasteiger charge is 2.11. The Labute approximate surface area is 116 Å². The molecule has 0 spiro atoms. The molecule has 0 radical (unpaired) electrons. The van der Waals surface area contributed by atoms with Gasteiger partial charge in [-0.15, -0.1) is 0 Å². The van der Waals surface area contributed by atoms with Crippen LogP contribution in [0.25, 0.3) is 11.1 Å². The molecule has 0 amide bonds. The lowest BCUT2D eigenvalue weighted by molar-refractivity contribution is 0.0692. The quantitative estimate of drug-likeness (QED) is 0.917. The highest BCUT2D eigenvalue weighted by molar-refractivity contribution is 5.89. The molecule has 20 heavy (non-hydrogen) atoms. The van der Waals surface area contributed by atoms with Crippen LogP contribution in [0.3, 0.4) is 0 Å². The maximum absolute atomic E-state index is 13.3. The molecule has 0 aliphatic heterocycles. The fraction of sp³-hybridized carbons (Fsp3) is 0.188. The number of ether oxygens (including phenoxy) is 1. The number of halogens is 1. The van der Waals surface area contributed by atoms with Gasteiger partial charge in [-0.2, -0.15) is 0 Å². The lowest BCUT2D eigenvalue weighted by Crippen LogP contribution is -2.05. The van der Waals surface area contributed by atoms with Crippen LogP contribution >= 0.6 is 0 Å². The van der Waals surface area contributed by atoms with E-state index in [0.717, 1.165) is 17.4 Å². The van der Waals surface area contributed by atoms with E-state index in [4.69, 9.17) is 9.84 Å². The number of rotatable bonds is 4. The van der Waals surface area contributed by atoms with Crippen LogP contribution in [0, 0.1) is 5.82 Å². The molecule has 2 rings (SSSR count). The molecule has 3 nitrogen and oxygen atoms in total. The monoisotopic (exact) mass is 274 g/mol. The van der Waals surface area contributed by atoms with E-state index in [-0.39, 0.29) is 11.7 Å². The average molecular weight is 274 g/mol. The summed E-state index contributed by atoms with van der Waals surface area (Å²) in [6.45, 7) is 3.88. The van der Waals surface area contributed by atoms with Gasteiger partial charge < -0.3 is 9.84 Å². The van der Waals surface area contributed by atoms with Gasteiger partial charge in [0, 0.05) is 0 Å². The molecule has 0 aliphatic carbocycles. The molecule has 2 aromatic carbocycles. The second kappa shape index (κ2) is 5.74. The van der Waals surface area contributed by atoms with Crippen LogP contribution in [0.2, 0.25) is 0 Å². The van der Waals surface area contributed by atoms with E-state index in [2.05, 4.69) is 0 Å². The number of aromatic carboxylic acids is 1. The summed E-state index contributed by atoms with van der Waals surface area (Å²) in [6.07, 6.45) is 0.0882. The fourth-order valence-corrected chi connectivity index (χ4v) is 1.87. The number of carboxylic acid groups (broad SMARTS) is 1. The van der Waals surface area contributed by atoms with Crippen molar-refractivity contribution in [2.45, 2.75) is 20.0 Å². The van der Waals surface area contributed by atoms with Gasteiger partial charge in [-0.3, -0.25) is 0 Å². The van der Waals surface area contributed by atoms with Crippen LogP contribution in [0.1, 0.15) is 24.2 Å². The normalized spacial score (nSPS) is 10.6. The third-order valence-corrected chi connectivity index (χ3v) is 2.76. The second-order valence-electron chi connectivity index (χ2n) is 4.69. The van der Waals surface area contributed by atoms with Crippen molar-refractivity contribution in [1.29, 1.82) is 0 Å². The molecule has 2 aromatic rings. The summed E-state index contributed by atoms with van der Waals surface area (Å²) < 4.78 is 18.9. The lowest BCUT2D eigenvalue weighted by Gasteiger charge is -2.10. The van der Waals surface area contributed by atoms with E-state index >= 15 is 0 Å². The van der Waals surface area contributed by atoms with Gasteiger partial charge >= 0.3 is 5.97 Å². The van der Waals surface area contributed by atoms with E-state index in [9.17, 15) is 9.18 Å². The summed E-state index contributed by atoms with van der Waals surface area (Å²) in [4.78, 5) is 10.9. The van der Waals surface area contributed by atoms with Crippen molar-refractivity contribution in [2.75, 3.05) is 0 Å². The first kappa shape index (κ1) is 14.1. The van der Waals surface area contributed by atoms with Gasteiger partial charge in [0.2, 0.25) is 0 Å². The third kappa shape index (κ3) is 3.15. The largest absolute Gasteiger partial charge is 0.491 e. The predicted octanol–water partition coefficient (Wildman–Crippen LogP) is 3.98. The standard InChI is InChI=1S/C16H15FO3/c1-10(2)20-13-6-3-11(4-7-13)12-5-8-15(17)14(9-12)16(18)19/h3-10H,1-2H3,(H,18,19). The SMILES string of the molecule is CC(C)Oc1ccc(-c2ccc(F)c(C(=O)O)c2)cc1. The Hall–Kier alpha value is -2.36. The molecule has 0 atom stereocenters. The van der Waals surface area contributed by atoms with E-state index < -0.39 is 11.8 Å². The van der Waals surface area contributed by atoms with Crippen molar-refractivity contribution in [3.05, 3.63) is 53.8 Å². The Balaban J connectivity index is 2.32. The van der Waals surface area contributed by atoms with Crippen molar-refractivity contribution in [2.24, 2.45) is 0 Å². The van der Waals surface area contributed by atoms with Crippen molar-refractivity contribution in [3.8, 4) is 16.9 Å². The summed E-state index contributed by atoms with van der Waals surface area (Å²) in [5, 5.41) is 8.92. The molecule has 0 saturated heterocycles. The lowest BCUT2D eigenvalue weighted by atomic mass is 10.0. The first-order chi connectivity index (χ1) is 9.47. The molecule has 104 valence electrons. The average Bonchev–Trinajstić information content (AvgIpc) is 2.39. The van der Waals surface area contributed by atoms with Crippen molar-refractivity contribution in [1.82, 2.24) is 0 Å². The third-order valence-electron chi connectivity index (χ3n) is 2.76. The van der Waals surface area contributed by atoms with E-state index in [1.807, 2.05) is 26.0 Å². The zero-order chi connectivity index (χ0) is 14.7. The van der Waals surface area contributed by atoms with Crippen LogP contribution < -0.4 is 4.74 Å². The number of carboxylic acids is 1. The van der Waals surface area contributed by atoms with Gasteiger partial charge in [-0.05, 0) is 49.2 Å². The molecule has 0 saturated carbocycles. The maximum atomic E-state index is 13.3. The Morgan fingerprint density at radius 3 is 2.25 bits per heavy atom. The first-order valence-corrected chi connectivity index (χ1v) is 6.27. The van der Waals surface area contributed by atoms with Gasteiger partial charge in [-0.1, -0.05) is 18.2 Å². The van der Waals surface area contributed by atoms with Crippen molar-refractivity contribution < 1.29 is 19.0 Å². The molecule has 0 aliphatic rings. The van der Waals surface area contributed by atoms with Crippen molar-refractivity contribution in [3.63, 3.8) is 0 Å². The molecule has 0 fully saturated rings. The molecule has 1 N–H and O–H groups in total. The summed E-state index contributed by atoms with van der Waals surface area (Å²) in [6, 6.07) is 11.3. The zero-order valence-electron chi connectivity index (χ0n) is 11.3. The molecular formula is C16H15FO3. The summed E-state index contributed by atoms with van der Waals surface area (Å²) in [5.74, 6) is -1.27. The van der Waals surface area contributed by atoms with E-state index in [0.29, 0.717) is 5.56 Å². The number of benzene rings is 2. The van der Waals surface area contributed by atoms with Gasteiger partial charge in [-0.25, -0.2) is 9.18 Å². The van der Waals surface area contributed by atoms with Crippen LogP contribution in [-0.4, -0.2) is 17.2 Å². The Kier molecular flexibility index (Phi) is 4.03. The fourth-order valence-electron chi connectivity index (χ4n) is 1.87. The maximum Gasteiger partial charge on any atom is 0.338 e. The Morgan fingerprint density at radius 1 is 1.10 bits per heavy atom. The first-order valence-electron chi connectivity index (χ1n) is 6.27. The molecule has 0 heterocycles. The highest BCUT2D eigenvalue weighted by atomic mass is 19.1. The zero-order valence-corrected chi connectivity index (χ0v) is 11.3. The van der Waals surface area contributed by atoms with Crippen LogP contribution in [0.5, 0.6) is 5.75 Å². The van der Waals surface area contributed by atoms with Crippen LogP contribution in [-0.2, 0) is 0 Å². The van der Waals surface area contributed by atoms with Crippen LogP contribution in [0.15, 0.2) is 42.5 Å². The highest BCUT2D eigenvalue weighted by Crippen LogP contribution is 2.25. The van der Waals surface area contributed by atoms with Gasteiger partial charge in [0.05, 0.1) is 11.7 Å². The molecule has 0 unspecified atom stereocenters. The minimum atomic E-state index is -1.27. The molecule has 0 aromatic heterocycles. The smallest absolute Gasteiger partial charge is 0.338 e. The topological polar surface area (TPSA) is 46.5 Å². The predicted molar refractivity (Wildman–Crippen MR) is 74.6 cm³/mol. The molecule has 0 bridgehead atoms. The molecule has 4 heteroatoms. The van der Waals surface area contributed by atoms with E-state index in [1.165, 1.54) is 6.07 Å². The van der Waals surface area contributed by atoms with Gasteiger partial charge in [0.1, 0.15) is 11.6 Å². The Bertz CT molecular complexity index is 618. The molecular weight excluding hydrogens is 259 g/mol. The number of hydrogen-bond donors (Lipinski definition) is 1. The summed E-state index contributed by atoms with van der Waals surface area (Å²) in [5.41, 5.74) is 1.13. The van der Waals surface area contributed by atoms with Crippen LogP contribution in [0.4, 0.5) is 4.39 Å². The van der Waals surface area contributed by atoms with E-state index in [1.54, 1.807) is 18.2 Å². The number of hydrogen-bond acceptors (Lipinski definition) is 2.